The maximum atomic E-state index is 9.84. The van der Waals surface area contributed by atoms with Crippen LogP contribution in [0.25, 0.3) is 0 Å². The second-order valence-corrected chi connectivity index (χ2v) is 5.39. The first kappa shape index (κ1) is 10.2. The SMILES string of the molecule is Cc1ccc(O)c(CN2CC3CCC2C3)c1. The highest BCUT2D eigenvalue weighted by atomic mass is 16.3. The van der Waals surface area contributed by atoms with Gasteiger partial charge in [-0.1, -0.05) is 17.7 Å². The number of hydrogen-bond acceptors (Lipinski definition) is 2. The van der Waals surface area contributed by atoms with Gasteiger partial charge in [0, 0.05) is 24.7 Å². The van der Waals surface area contributed by atoms with Gasteiger partial charge in [-0.05, 0) is 38.2 Å². The Hall–Kier alpha value is -1.02. The van der Waals surface area contributed by atoms with Crippen LogP contribution in [0.15, 0.2) is 18.2 Å². The molecule has 1 saturated carbocycles. The minimum atomic E-state index is 0.452. The smallest absolute Gasteiger partial charge is 0.120 e. The zero-order valence-corrected chi connectivity index (χ0v) is 9.82. The van der Waals surface area contributed by atoms with Gasteiger partial charge < -0.3 is 5.11 Å². The number of piperidine rings is 1. The normalized spacial score (nSPS) is 28.8. The van der Waals surface area contributed by atoms with Crippen LogP contribution >= 0.6 is 0 Å². The van der Waals surface area contributed by atoms with Gasteiger partial charge in [0.15, 0.2) is 0 Å². The molecule has 2 aliphatic rings. The zero-order valence-electron chi connectivity index (χ0n) is 9.82. The van der Waals surface area contributed by atoms with Crippen molar-refractivity contribution in [2.75, 3.05) is 6.54 Å². The third-order valence-electron chi connectivity index (χ3n) is 4.13. The second kappa shape index (κ2) is 3.77. The molecule has 3 rings (SSSR count). The van der Waals surface area contributed by atoms with Crippen molar-refractivity contribution in [3.8, 4) is 5.75 Å². The van der Waals surface area contributed by atoms with E-state index in [0.717, 1.165) is 24.1 Å². The molecule has 2 unspecified atom stereocenters. The molecule has 1 saturated heterocycles. The summed E-state index contributed by atoms with van der Waals surface area (Å²) < 4.78 is 0. The van der Waals surface area contributed by atoms with Crippen LogP contribution in [0.5, 0.6) is 5.75 Å². The average molecular weight is 217 g/mol. The van der Waals surface area contributed by atoms with Gasteiger partial charge in [0.05, 0.1) is 0 Å². The van der Waals surface area contributed by atoms with Gasteiger partial charge >= 0.3 is 0 Å². The summed E-state index contributed by atoms with van der Waals surface area (Å²) in [4.78, 5) is 2.54. The molecular weight excluding hydrogens is 198 g/mol. The quantitative estimate of drug-likeness (QED) is 0.823. The van der Waals surface area contributed by atoms with Gasteiger partial charge in [0.25, 0.3) is 0 Å². The van der Waals surface area contributed by atoms with Crippen molar-refractivity contribution in [3.63, 3.8) is 0 Å². The Morgan fingerprint density at radius 1 is 1.38 bits per heavy atom. The summed E-state index contributed by atoms with van der Waals surface area (Å²) in [5.74, 6) is 1.38. The Balaban J connectivity index is 1.76. The first-order chi connectivity index (χ1) is 7.72. The van der Waals surface area contributed by atoms with Crippen molar-refractivity contribution in [2.24, 2.45) is 5.92 Å². The molecule has 2 fully saturated rings. The van der Waals surface area contributed by atoms with E-state index >= 15 is 0 Å². The lowest BCUT2D eigenvalue weighted by Crippen LogP contribution is -2.31. The summed E-state index contributed by atoms with van der Waals surface area (Å²) in [5, 5.41) is 9.84. The lowest BCUT2D eigenvalue weighted by Gasteiger charge is -2.27. The van der Waals surface area contributed by atoms with Crippen LogP contribution in [0.3, 0.4) is 0 Å². The number of phenolic OH excluding ortho intramolecular Hbond substituents is 1. The van der Waals surface area contributed by atoms with E-state index in [9.17, 15) is 5.11 Å². The number of rotatable bonds is 2. The monoisotopic (exact) mass is 217 g/mol. The Kier molecular flexibility index (Phi) is 2.40. The molecule has 2 bridgehead atoms. The van der Waals surface area contributed by atoms with Crippen molar-refractivity contribution >= 4 is 0 Å². The topological polar surface area (TPSA) is 23.5 Å². The van der Waals surface area contributed by atoms with E-state index < -0.39 is 0 Å². The van der Waals surface area contributed by atoms with Gasteiger partial charge in [0.2, 0.25) is 0 Å². The number of hydrogen-bond donors (Lipinski definition) is 1. The third kappa shape index (κ3) is 1.71. The predicted octanol–water partition coefficient (Wildman–Crippen LogP) is 2.68. The molecule has 1 N–H and O–H groups in total. The van der Waals surface area contributed by atoms with Crippen LogP contribution < -0.4 is 0 Å². The number of nitrogens with zero attached hydrogens (tertiary/aromatic N) is 1. The largest absolute Gasteiger partial charge is 0.508 e. The zero-order chi connectivity index (χ0) is 11.1. The molecule has 16 heavy (non-hydrogen) atoms. The molecular formula is C14H19NO. The Morgan fingerprint density at radius 2 is 2.25 bits per heavy atom. The molecule has 1 aliphatic carbocycles. The molecule has 86 valence electrons. The summed E-state index contributed by atoms with van der Waals surface area (Å²) in [6, 6.07) is 6.68. The fraction of sp³-hybridized carbons (Fsp3) is 0.571. The van der Waals surface area contributed by atoms with Gasteiger partial charge in [0.1, 0.15) is 5.75 Å². The standard InChI is InChI=1S/C14H19NO/c1-10-2-5-14(16)12(6-10)9-15-8-11-3-4-13(15)7-11/h2,5-6,11,13,16H,3-4,7-9H2,1H3. The maximum Gasteiger partial charge on any atom is 0.120 e. The summed E-state index contributed by atoms with van der Waals surface area (Å²) in [6.45, 7) is 4.24. The number of aryl methyl sites for hydroxylation is 1. The van der Waals surface area contributed by atoms with Crippen molar-refractivity contribution in [3.05, 3.63) is 29.3 Å². The van der Waals surface area contributed by atoms with E-state index in [4.69, 9.17) is 0 Å². The Morgan fingerprint density at radius 3 is 2.94 bits per heavy atom. The predicted molar refractivity (Wildman–Crippen MR) is 64.4 cm³/mol. The highest BCUT2D eigenvalue weighted by Crippen LogP contribution is 2.38. The van der Waals surface area contributed by atoms with Crippen LogP contribution in [0, 0.1) is 12.8 Å². The van der Waals surface area contributed by atoms with Crippen LogP contribution in [0.1, 0.15) is 30.4 Å². The van der Waals surface area contributed by atoms with Crippen molar-refractivity contribution in [2.45, 2.75) is 38.8 Å². The first-order valence-electron chi connectivity index (χ1n) is 6.25. The fourth-order valence-electron chi connectivity index (χ4n) is 3.28. The molecule has 1 aromatic carbocycles. The average Bonchev–Trinajstić information content (AvgIpc) is 2.85. The van der Waals surface area contributed by atoms with E-state index in [0.29, 0.717) is 5.75 Å². The highest BCUT2D eigenvalue weighted by Gasteiger charge is 2.37. The van der Waals surface area contributed by atoms with E-state index in [1.165, 1.54) is 31.4 Å². The van der Waals surface area contributed by atoms with Gasteiger partial charge in [-0.3, -0.25) is 4.90 Å². The van der Waals surface area contributed by atoms with Crippen molar-refractivity contribution < 1.29 is 5.11 Å². The molecule has 1 heterocycles. The molecule has 0 spiro atoms. The highest BCUT2D eigenvalue weighted by molar-refractivity contribution is 5.35. The van der Waals surface area contributed by atoms with Crippen molar-refractivity contribution in [1.29, 1.82) is 0 Å². The third-order valence-corrected chi connectivity index (χ3v) is 4.13. The van der Waals surface area contributed by atoms with Crippen LogP contribution in [-0.4, -0.2) is 22.6 Å². The fourth-order valence-corrected chi connectivity index (χ4v) is 3.28. The molecule has 2 atom stereocenters. The summed E-state index contributed by atoms with van der Waals surface area (Å²) in [5.41, 5.74) is 2.32. The molecule has 0 aromatic heterocycles. The molecule has 1 aromatic rings. The lowest BCUT2D eigenvalue weighted by molar-refractivity contribution is 0.203. The number of fused-ring (bicyclic) bond motifs is 2. The first-order valence-corrected chi connectivity index (χ1v) is 6.25. The lowest BCUT2D eigenvalue weighted by atomic mass is 10.1. The van der Waals surface area contributed by atoms with E-state index in [-0.39, 0.29) is 0 Å². The minimum Gasteiger partial charge on any atom is -0.508 e. The van der Waals surface area contributed by atoms with Crippen LogP contribution in [0.2, 0.25) is 0 Å². The number of phenols is 1. The molecule has 1 aliphatic heterocycles. The van der Waals surface area contributed by atoms with E-state index in [1.54, 1.807) is 0 Å². The van der Waals surface area contributed by atoms with E-state index in [2.05, 4.69) is 17.9 Å². The number of likely N-dealkylation sites (tertiary alicyclic amines) is 1. The summed E-state index contributed by atoms with van der Waals surface area (Å²) in [6.07, 6.45) is 4.16. The Labute approximate surface area is 96.9 Å². The van der Waals surface area contributed by atoms with Crippen molar-refractivity contribution in [1.82, 2.24) is 4.90 Å². The second-order valence-electron chi connectivity index (χ2n) is 5.39. The van der Waals surface area contributed by atoms with Gasteiger partial charge in [-0.25, -0.2) is 0 Å². The molecule has 2 nitrogen and oxygen atoms in total. The molecule has 0 amide bonds. The van der Waals surface area contributed by atoms with Gasteiger partial charge in [-0.15, -0.1) is 0 Å². The van der Waals surface area contributed by atoms with E-state index in [1.807, 2.05) is 12.1 Å². The Bertz CT molecular complexity index is 402. The molecule has 2 heteroatoms. The minimum absolute atomic E-state index is 0.452. The summed E-state index contributed by atoms with van der Waals surface area (Å²) >= 11 is 0. The molecule has 0 radical (unpaired) electrons. The number of aromatic hydroxyl groups is 1. The summed E-state index contributed by atoms with van der Waals surface area (Å²) in [7, 11) is 0. The van der Waals surface area contributed by atoms with Crippen LogP contribution in [0.4, 0.5) is 0 Å². The van der Waals surface area contributed by atoms with Gasteiger partial charge in [-0.2, -0.15) is 0 Å². The number of benzene rings is 1. The van der Waals surface area contributed by atoms with Crippen LogP contribution in [-0.2, 0) is 6.54 Å². The maximum absolute atomic E-state index is 9.84.